The van der Waals surface area contributed by atoms with Crippen LogP contribution in [0.5, 0.6) is 0 Å². The van der Waals surface area contributed by atoms with Gasteiger partial charge in [-0.25, -0.2) is 0 Å². The minimum atomic E-state index is -0.397. The molecule has 0 unspecified atom stereocenters. The van der Waals surface area contributed by atoms with Crippen molar-refractivity contribution in [1.82, 2.24) is 5.32 Å². The van der Waals surface area contributed by atoms with Crippen LogP contribution in [0.1, 0.15) is 11.1 Å². The molecule has 4 nitrogen and oxygen atoms in total. The van der Waals surface area contributed by atoms with Gasteiger partial charge in [0.15, 0.2) is 0 Å². The molecule has 1 saturated heterocycles. The highest BCUT2D eigenvalue weighted by molar-refractivity contribution is 8.18. The Morgan fingerprint density at radius 1 is 1.12 bits per heavy atom. The zero-order valence-electron chi connectivity index (χ0n) is 12.5. The molecule has 122 valence electrons. The number of carbonyl (C=O) groups excluding carboxylic acids is 2. The lowest BCUT2D eigenvalue weighted by Gasteiger charge is -2.14. The maximum atomic E-state index is 11.7. The van der Waals surface area contributed by atoms with Crippen LogP contribution in [0.25, 0.3) is 6.08 Å². The summed E-state index contributed by atoms with van der Waals surface area (Å²) in [5, 5.41) is 6.11. The van der Waals surface area contributed by atoms with E-state index in [-0.39, 0.29) is 5.24 Å². The second kappa shape index (κ2) is 6.89. The SMILES string of the molecule is Cc1ccc(Cl)c(Nc2ccccc2/C=C2\SC(=O)NC2=O)c1Cl. The van der Waals surface area contributed by atoms with Crippen molar-refractivity contribution in [2.45, 2.75) is 6.92 Å². The number of halogens is 2. The number of amides is 2. The van der Waals surface area contributed by atoms with E-state index in [1.54, 1.807) is 12.1 Å². The first-order valence-electron chi connectivity index (χ1n) is 7.01. The summed E-state index contributed by atoms with van der Waals surface area (Å²) >= 11 is 13.5. The molecule has 7 heteroatoms. The third kappa shape index (κ3) is 3.43. The summed E-state index contributed by atoms with van der Waals surface area (Å²) in [5.41, 5.74) is 2.98. The van der Waals surface area contributed by atoms with Gasteiger partial charge in [0.25, 0.3) is 11.1 Å². The topological polar surface area (TPSA) is 58.2 Å². The van der Waals surface area contributed by atoms with Gasteiger partial charge in [-0.2, -0.15) is 0 Å². The number of rotatable bonds is 3. The standard InChI is InChI=1S/C17H12Cl2N2O2S/c1-9-6-7-11(18)15(14(9)19)20-12-5-3-2-4-10(12)8-13-16(22)21-17(23)24-13/h2-8,20H,1H3,(H,21,22,23)/b13-8-. The molecule has 2 aromatic rings. The average Bonchev–Trinajstić information content (AvgIpc) is 2.87. The quantitative estimate of drug-likeness (QED) is 0.704. The van der Waals surface area contributed by atoms with E-state index in [0.29, 0.717) is 20.6 Å². The first kappa shape index (κ1) is 16.9. The summed E-state index contributed by atoms with van der Waals surface area (Å²) in [4.78, 5) is 23.4. The Morgan fingerprint density at radius 3 is 2.58 bits per heavy atom. The minimum Gasteiger partial charge on any atom is -0.353 e. The van der Waals surface area contributed by atoms with Crippen LogP contribution < -0.4 is 10.6 Å². The number of para-hydroxylation sites is 1. The zero-order chi connectivity index (χ0) is 17.3. The third-order valence-corrected chi connectivity index (χ3v) is 5.05. The molecule has 2 aromatic carbocycles. The zero-order valence-corrected chi connectivity index (χ0v) is 14.9. The molecule has 0 aliphatic carbocycles. The van der Waals surface area contributed by atoms with Crippen LogP contribution in [0.3, 0.4) is 0 Å². The normalized spacial score (nSPS) is 15.7. The Balaban J connectivity index is 2.00. The van der Waals surface area contributed by atoms with Gasteiger partial charge in [-0.05, 0) is 48.0 Å². The minimum absolute atomic E-state index is 0.343. The summed E-state index contributed by atoms with van der Waals surface area (Å²) in [6.45, 7) is 1.89. The molecule has 0 bridgehead atoms. The van der Waals surface area contributed by atoms with Gasteiger partial charge in [0, 0.05) is 5.69 Å². The van der Waals surface area contributed by atoms with Crippen molar-refractivity contribution < 1.29 is 9.59 Å². The van der Waals surface area contributed by atoms with E-state index >= 15 is 0 Å². The smallest absolute Gasteiger partial charge is 0.290 e. The highest BCUT2D eigenvalue weighted by Crippen LogP contribution is 2.36. The van der Waals surface area contributed by atoms with Crippen LogP contribution in [-0.2, 0) is 4.79 Å². The molecule has 1 aliphatic rings. The number of thioether (sulfide) groups is 1. The van der Waals surface area contributed by atoms with Crippen molar-refractivity contribution in [1.29, 1.82) is 0 Å². The van der Waals surface area contributed by atoms with Crippen LogP contribution in [0.4, 0.5) is 16.2 Å². The Bertz CT molecular complexity index is 881. The summed E-state index contributed by atoms with van der Waals surface area (Å²) in [7, 11) is 0. The van der Waals surface area contributed by atoms with Crippen molar-refractivity contribution in [3.05, 3.63) is 62.5 Å². The lowest BCUT2D eigenvalue weighted by Crippen LogP contribution is -2.17. The van der Waals surface area contributed by atoms with E-state index in [0.717, 1.165) is 28.6 Å². The fourth-order valence-corrected chi connectivity index (χ4v) is 3.34. The van der Waals surface area contributed by atoms with E-state index in [1.165, 1.54) is 0 Å². The summed E-state index contributed by atoms with van der Waals surface area (Å²) < 4.78 is 0. The molecule has 2 amide bonds. The number of imide groups is 1. The van der Waals surface area contributed by atoms with Crippen LogP contribution in [0.2, 0.25) is 10.0 Å². The van der Waals surface area contributed by atoms with Gasteiger partial charge in [-0.15, -0.1) is 0 Å². The molecule has 0 spiro atoms. The fourth-order valence-electron chi connectivity index (χ4n) is 2.20. The summed E-state index contributed by atoms with van der Waals surface area (Å²) in [5.74, 6) is -0.397. The number of hydrogen-bond donors (Lipinski definition) is 2. The predicted octanol–water partition coefficient (Wildman–Crippen LogP) is 5.37. The molecular formula is C17H12Cl2N2O2S. The van der Waals surface area contributed by atoms with E-state index in [1.807, 2.05) is 37.3 Å². The van der Waals surface area contributed by atoms with E-state index in [4.69, 9.17) is 23.2 Å². The first-order chi connectivity index (χ1) is 11.5. The number of aryl methyl sites for hydroxylation is 1. The summed E-state index contributed by atoms with van der Waals surface area (Å²) in [6, 6.07) is 11.0. The Kier molecular flexibility index (Phi) is 4.85. The maximum absolute atomic E-state index is 11.7. The second-order valence-electron chi connectivity index (χ2n) is 5.12. The van der Waals surface area contributed by atoms with Crippen molar-refractivity contribution in [2.24, 2.45) is 0 Å². The van der Waals surface area contributed by atoms with Crippen LogP contribution >= 0.6 is 35.0 Å². The lowest BCUT2D eigenvalue weighted by molar-refractivity contribution is -0.115. The molecule has 24 heavy (non-hydrogen) atoms. The average molecular weight is 379 g/mol. The summed E-state index contributed by atoms with van der Waals surface area (Å²) in [6.07, 6.45) is 1.66. The van der Waals surface area contributed by atoms with Gasteiger partial charge >= 0.3 is 0 Å². The van der Waals surface area contributed by atoms with Gasteiger partial charge in [0.2, 0.25) is 0 Å². The molecular weight excluding hydrogens is 367 g/mol. The molecule has 0 radical (unpaired) electrons. The van der Waals surface area contributed by atoms with Crippen LogP contribution in [0.15, 0.2) is 41.3 Å². The molecule has 1 fully saturated rings. The molecule has 2 N–H and O–H groups in total. The highest BCUT2D eigenvalue weighted by atomic mass is 35.5. The molecule has 0 atom stereocenters. The van der Waals surface area contributed by atoms with E-state index < -0.39 is 5.91 Å². The van der Waals surface area contributed by atoms with Crippen LogP contribution in [0, 0.1) is 6.92 Å². The number of anilines is 2. The lowest BCUT2D eigenvalue weighted by atomic mass is 10.1. The first-order valence-corrected chi connectivity index (χ1v) is 8.58. The number of benzene rings is 2. The predicted molar refractivity (Wildman–Crippen MR) is 100 cm³/mol. The fraction of sp³-hybridized carbons (Fsp3) is 0.0588. The van der Waals surface area contributed by atoms with Crippen molar-refractivity contribution in [3.63, 3.8) is 0 Å². The largest absolute Gasteiger partial charge is 0.353 e. The Morgan fingerprint density at radius 2 is 1.88 bits per heavy atom. The van der Waals surface area contributed by atoms with Crippen molar-refractivity contribution >= 4 is 63.6 Å². The van der Waals surface area contributed by atoms with Crippen molar-refractivity contribution in [3.8, 4) is 0 Å². The molecule has 3 rings (SSSR count). The third-order valence-electron chi connectivity index (χ3n) is 3.43. The van der Waals surface area contributed by atoms with Crippen LogP contribution in [-0.4, -0.2) is 11.1 Å². The number of carbonyl (C=O) groups is 2. The maximum Gasteiger partial charge on any atom is 0.290 e. The van der Waals surface area contributed by atoms with Gasteiger partial charge in [-0.1, -0.05) is 47.5 Å². The van der Waals surface area contributed by atoms with Gasteiger partial charge in [-0.3, -0.25) is 14.9 Å². The number of hydrogen-bond acceptors (Lipinski definition) is 4. The number of nitrogens with one attached hydrogen (secondary N) is 2. The molecule has 0 saturated carbocycles. The molecule has 1 aliphatic heterocycles. The highest BCUT2D eigenvalue weighted by Gasteiger charge is 2.25. The van der Waals surface area contributed by atoms with E-state index in [2.05, 4.69) is 10.6 Å². The van der Waals surface area contributed by atoms with E-state index in [9.17, 15) is 9.59 Å². The monoisotopic (exact) mass is 378 g/mol. The Hall–Kier alpha value is -1.95. The van der Waals surface area contributed by atoms with Gasteiger partial charge in [0.05, 0.1) is 20.6 Å². The van der Waals surface area contributed by atoms with Gasteiger partial charge in [0.1, 0.15) is 0 Å². The molecule has 0 aromatic heterocycles. The van der Waals surface area contributed by atoms with Crippen molar-refractivity contribution in [2.75, 3.05) is 5.32 Å². The molecule has 1 heterocycles. The van der Waals surface area contributed by atoms with Gasteiger partial charge < -0.3 is 5.32 Å². The second-order valence-corrected chi connectivity index (χ2v) is 6.92. The Labute approximate surface area is 153 Å².